The molecule has 24 heavy (non-hydrogen) atoms. The largest absolute Gasteiger partial charge is 0.464 e. The third-order valence-electron chi connectivity index (χ3n) is 4.27. The zero-order chi connectivity index (χ0) is 17.0. The Hall–Kier alpha value is -3.00. The molecule has 1 aromatic carbocycles. The van der Waals surface area contributed by atoms with Crippen molar-refractivity contribution < 1.29 is 9.53 Å². The molecule has 1 aliphatic rings. The maximum atomic E-state index is 12.4. The SMILES string of the molecule is CCOC(=O)[C@@H]1N=C[C@](C#N)(c2ccncc2)[C@H]1c1ccccc1. The lowest BCUT2D eigenvalue weighted by Crippen LogP contribution is -2.38. The number of pyridine rings is 1. The molecule has 2 aromatic rings. The van der Waals surface area contributed by atoms with E-state index in [1.807, 2.05) is 30.3 Å². The maximum Gasteiger partial charge on any atom is 0.331 e. The van der Waals surface area contributed by atoms with Gasteiger partial charge >= 0.3 is 5.97 Å². The van der Waals surface area contributed by atoms with Crippen LogP contribution in [-0.2, 0) is 14.9 Å². The van der Waals surface area contributed by atoms with Crippen molar-refractivity contribution in [2.75, 3.05) is 6.61 Å². The lowest BCUT2D eigenvalue weighted by Gasteiger charge is -2.30. The van der Waals surface area contributed by atoms with Gasteiger partial charge in [0.15, 0.2) is 6.04 Å². The highest BCUT2D eigenvalue weighted by molar-refractivity contribution is 5.91. The van der Waals surface area contributed by atoms with E-state index in [0.29, 0.717) is 0 Å². The highest BCUT2D eigenvalue weighted by atomic mass is 16.5. The molecule has 120 valence electrons. The third kappa shape index (κ3) is 2.56. The number of nitrogens with zero attached hydrogens (tertiary/aromatic N) is 3. The van der Waals surface area contributed by atoms with E-state index in [1.165, 1.54) is 0 Å². The van der Waals surface area contributed by atoms with Gasteiger partial charge < -0.3 is 4.74 Å². The number of aromatic nitrogens is 1. The van der Waals surface area contributed by atoms with Gasteiger partial charge in [-0.25, -0.2) is 4.79 Å². The van der Waals surface area contributed by atoms with E-state index in [4.69, 9.17) is 4.74 Å². The van der Waals surface area contributed by atoms with E-state index in [9.17, 15) is 10.1 Å². The summed E-state index contributed by atoms with van der Waals surface area (Å²) >= 11 is 0. The van der Waals surface area contributed by atoms with E-state index in [1.54, 1.807) is 37.7 Å². The number of rotatable bonds is 4. The molecule has 0 spiro atoms. The Kier molecular flexibility index (Phi) is 4.39. The van der Waals surface area contributed by atoms with Crippen LogP contribution >= 0.6 is 0 Å². The molecule has 0 N–H and O–H groups in total. The van der Waals surface area contributed by atoms with Crippen LogP contribution in [0, 0.1) is 11.3 Å². The minimum Gasteiger partial charge on any atom is -0.464 e. The fourth-order valence-electron chi connectivity index (χ4n) is 3.19. The van der Waals surface area contributed by atoms with Crippen LogP contribution in [0.1, 0.15) is 24.0 Å². The van der Waals surface area contributed by atoms with Crippen molar-refractivity contribution in [1.82, 2.24) is 4.98 Å². The van der Waals surface area contributed by atoms with Gasteiger partial charge in [-0.15, -0.1) is 0 Å². The van der Waals surface area contributed by atoms with Crippen molar-refractivity contribution in [3.05, 3.63) is 66.0 Å². The lowest BCUT2D eigenvalue weighted by molar-refractivity contribution is -0.145. The summed E-state index contributed by atoms with van der Waals surface area (Å²) in [5.74, 6) is -0.848. The fourth-order valence-corrected chi connectivity index (χ4v) is 3.19. The Morgan fingerprint density at radius 2 is 1.96 bits per heavy atom. The predicted octanol–water partition coefficient (Wildman–Crippen LogP) is 2.64. The van der Waals surface area contributed by atoms with E-state index >= 15 is 0 Å². The molecule has 3 rings (SSSR count). The number of carbonyl (C=O) groups excluding carboxylic acids is 1. The average Bonchev–Trinajstić information content (AvgIpc) is 3.04. The maximum absolute atomic E-state index is 12.4. The molecule has 3 atom stereocenters. The highest BCUT2D eigenvalue weighted by Crippen LogP contribution is 2.45. The number of carbonyl (C=O) groups is 1. The normalized spacial score (nSPS) is 25.2. The summed E-state index contributed by atoms with van der Waals surface area (Å²) < 4.78 is 5.18. The molecule has 0 saturated heterocycles. The molecule has 0 radical (unpaired) electrons. The third-order valence-corrected chi connectivity index (χ3v) is 4.27. The summed E-state index contributed by atoms with van der Waals surface area (Å²) in [6.45, 7) is 2.04. The van der Waals surface area contributed by atoms with E-state index in [0.717, 1.165) is 11.1 Å². The van der Waals surface area contributed by atoms with Gasteiger partial charge in [0, 0.05) is 24.5 Å². The fraction of sp³-hybridized carbons (Fsp3) is 0.263. The molecule has 2 heterocycles. The highest BCUT2D eigenvalue weighted by Gasteiger charge is 2.51. The van der Waals surface area contributed by atoms with Crippen LogP contribution < -0.4 is 0 Å². The molecule has 0 aliphatic carbocycles. The Morgan fingerprint density at radius 1 is 1.25 bits per heavy atom. The smallest absolute Gasteiger partial charge is 0.331 e. The number of ether oxygens (including phenoxy) is 1. The molecule has 5 heteroatoms. The Morgan fingerprint density at radius 3 is 2.58 bits per heavy atom. The number of nitriles is 1. The van der Waals surface area contributed by atoms with Crippen LogP contribution in [0.4, 0.5) is 0 Å². The van der Waals surface area contributed by atoms with Crippen molar-refractivity contribution >= 4 is 12.2 Å². The second-order valence-corrected chi connectivity index (χ2v) is 5.58. The van der Waals surface area contributed by atoms with E-state index in [2.05, 4.69) is 16.0 Å². The first-order valence-corrected chi connectivity index (χ1v) is 7.80. The second kappa shape index (κ2) is 6.63. The van der Waals surface area contributed by atoms with Crippen LogP contribution in [0.15, 0.2) is 59.9 Å². The zero-order valence-corrected chi connectivity index (χ0v) is 13.3. The molecule has 0 fully saturated rings. The van der Waals surface area contributed by atoms with E-state index in [-0.39, 0.29) is 6.61 Å². The molecule has 1 aliphatic heterocycles. The Labute approximate surface area is 140 Å². The molecular weight excluding hydrogens is 302 g/mol. The van der Waals surface area contributed by atoms with Gasteiger partial charge in [-0.2, -0.15) is 5.26 Å². The van der Waals surface area contributed by atoms with Crippen LogP contribution in [0.25, 0.3) is 0 Å². The minimum atomic E-state index is -1.03. The molecule has 0 amide bonds. The van der Waals surface area contributed by atoms with Gasteiger partial charge in [0.05, 0.1) is 12.7 Å². The molecule has 0 saturated carbocycles. The molecule has 1 aromatic heterocycles. The first-order chi connectivity index (χ1) is 11.7. The van der Waals surface area contributed by atoms with Gasteiger partial charge in [-0.1, -0.05) is 30.3 Å². The molecule has 0 bridgehead atoms. The topological polar surface area (TPSA) is 75.3 Å². The van der Waals surface area contributed by atoms with Gasteiger partial charge in [0.2, 0.25) is 0 Å². The summed E-state index contributed by atoms with van der Waals surface area (Å²) in [7, 11) is 0. The molecule has 0 unspecified atom stereocenters. The Balaban J connectivity index is 2.13. The number of hydrogen-bond acceptors (Lipinski definition) is 5. The quantitative estimate of drug-likeness (QED) is 0.812. The van der Waals surface area contributed by atoms with Crippen molar-refractivity contribution in [3.8, 4) is 6.07 Å². The first kappa shape index (κ1) is 15.9. The molecular formula is C19H17N3O2. The lowest BCUT2D eigenvalue weighted by atomic mass is 9.68. The monoisotopic (exact) mass is 319 g/mol. The van der Waals surface area contributed by atoms with Crippen LogP contribution in [0.5, 0.6) is 0 Å². The summed E-state index contributed by atoms with van der Waals surface area (Å²) in [5, 5.41) is 10.0. The van der Waals surface area contributed by atoms with Crippen LogP contribution in [-0.4, -0.2) is 29.8 Å². The van der Waals surface area contributed by atoms with Crippen LogP contribution in [0.2, 0.25) is 0 Å². The van der Waals surface area contributed by atoms with Crippen molar-refractivity contribution in [3.63, 3.8) is 0 Å². The van der Waals surface area contributed by atoms with Crippen molar-refractivity contribution in [2.45, 2.75) is 24.3 Å². The molecule has 5 nitrogen and oxygen atoms in total. The number of esters is 1. The first-order valence-electron chi connectivity index (χ1n) is 7.80. The predicted molar refractivity (Wildman–Crippen MR) is 89.6 cm³/mol. The summed E-state index contributed by atoms with van der Waals surface area (Å²) in [5.41, 5.74) is 0.623. The average molecular weight is 319 g/mol. The zero-order valence-electron chi connectivity index (χ0n) is 13.3. The summed E-state index contributed by atoms with van der Waals surface area (Å²) in [6.07, 6.45) is 4.87. The van der Waals surface area contributed by atoms with E-state index < -0.39 is 23.3 Å². The second-order valence-electron chi connectivity index (χ2n) is 5.58. The van der Waals surface area contributed by atoms with Crippen LogP contribution in [0.3, 0.4) is 0 Å². The van der Waals surface area contributed by atoms with Gasteiger partial charge in [0.1, 0.15) is 5.41 Å². The number of benzene rings is 1. The Bertz CT molecular complexity index is 783. The van der Waals surface area contributed by atoms with Crippen molar-refractivity contribution in [2.24, 2.45) is 4.99 Å². The number of aliphatic imine (C=N–C) groups is 1. The van der Waals surface area contributed by atoms with Gasteiger partial charge in [-0.3, -0.25) is 9.98 Å². The van der Waals surface area contributed by atoms with Crippen molar-refractivity contribution in [1.29, 1.82) is 5.26 Å². The standard InChI is InChI=1S/C19H17N3O2/c1-2-24-18(23)17-16(14-6-4-3-5-7-14)19(12-20,13-22-17)15-8-10-21-11-9-15/h3-11,13,16-17H,2H2,1H3/t16-,17+,19+/m0/s1. The van der Waals surface area contributed by atoms with Gasteiger partial charge in [0.25, 0.3) is 0 Å². The number of hydrogen-bond donors (Lipinski definition) is 0. The van der Waals surface area contributed by atoms with Gasteiger partial charge in [-0.05, 0) is 30.2 Å². The minimum absolute atomic E-state index is 0.279. The summed E-state index contributed by atoms with van der Waals surface area (Å²) in [6, 6.07) is 14.7. The summed E-state index contributed by atoms with van der Waals surface area (Å²) in [4.78, 5) is 20.8.